The second kappa shape index (κ2) is 11.4. The summed E-state index contributed by atoms with van der Waals surface area (Å²) in [5, 5.41) is 15.8. The molecule has 2 heterocycles. The van der Waals surface area contributed by atoms with Crippen molar-refractivity contribution in [3.8, 4) is 0 Å². The minimum Gasteiger partial charge on any atom is -0.481 e. The summed E-state index contributed by atoms with van der Waals surface area (Å²) in [5.74, 6) is -0.682. The number of carboxylic acid groups (broad SMARTS) is 1. The lowest BCUT2D eigenvalue weighted by Gasteiger charge is -2.36. The lowest BCUT2D eigenvalue weighted by molar-refractivity contribution is -0.137. The number of fused-ring (bicyclic) bond motifs is 1. The average molecular weight is 480 g/mol. The first kappa shape index (κ1) is 24.8. The Hall–Kier alpha value is -3.30. The van der Waals surface area contributed by atoms with E-state index in [9.17, 15) is 4.79 Å². The van der Waals surface area contributed by atoms with E-state index in [2.05, 4.69) is 74.8 Å². The third-order valence-electron chi connectivity index (χ3n) is 6.69. The quantitative estimate of drug-likeness (QED) is 0.273. The molecule has 2 atom stereocenters. The van der Waals surface area contributed by atoms with Crippen LogP contribution in [0.15, 0.2) is 47.5 Å². The van der Waals surface area contributed by atoms with Crippen LogP contribution in [0.2, 0.25) is 0 Å². The van der Waals surface area contributed by atoms with Crippen molar-refractivity contribution in [2.45, 2.75) is 44.9 Å². The van der Waals surface area contributed by atoms with Crippen LogP contribution in [-0.2, 0) is 11.2 Å². The highest BCUT2D eigenvalue weighted by molar-refractivity contribution is 5.76. The van der Waals surface area contributed by atoms with Crippen LogP contribution >= 0.6 is 0 Å². The maximum Gasteiger partial charge on any atom is 0.303 e. The van der Waals surface area contributed by atoms with E-state index >= 15 is 0 Å². The van der Waals surface area contributed by atoms with E-state index < -0.39 is 12.3 Å². The molecular formula is C26H37N7O2. The maximum atomic E-state index is 10.7. The summed E-state index contributed by atoms with van der Waals surface area (Å²) < 4.78 is 0. The summed E-state index contributed by atoms with van der Waals surface area (Å²) in [4.78, 5) is 19.8. The molecular weight excluding hydrogens is 442 g/mol. The average Bonchev–Trinajstić information content (AvgIpc) is 2.84. The van der Waals surface area contributed by atoms with Crippen LogP contribution in [0, 0.1) is 0 Å². The highest BCUT2D eigenvalue weighted by Gasteiger charge is 2.27. The second-order valence-corrected chi connectivity index (χ2v) is 9.29. The molecule has 2 aliphatic heterocycles. The minimum atomic E-state index is -0.721. The Morgan fingerprint density at radius 2 is 1.86 bits per heavy atom. The third kappa shape index (κ3) is 6.43. The number of guanidine groups is 1. The monoisotopic (exact) mass is 479 g/mol. The van der Waals surface area contributed by atoms with Crippen LogP contribution in [-0.4, -0.2) is 60.9 Å². The molecule has 4 rings (SSSR count). The molecule has 35 heavy (non-hydrogen) atoms. The molecule has 7 N–H and O–H groups in total. The van der Waals surface area contributed by atoms with Crippen LogP contribution in [0.1, 0.15) is 48.9 Å². The van der Waals surface area contributed by atoms with Gasteiger partial charge in [-0.25, -0.2) is 4.99 Å². The fourth-order valence-electron chi connectivity index (χ4n) is 4.92. The molecule has 0 aromatic heterocycles. The van der Waals surface area contributed by atoms with Crippen molar-refractivity contribution in [1.82, 2.24) is 10.2 Å². The van der Waals surface area contributed by atoms with E-state index in [1.165, 1.54) is 16.8 Å². The van der Waals surface area contributed by atoms with E-state index in [-0.39, 0.29) is 18.4 Å². The van der Waals surface area contributed by atoms with Gasteiger partial charge in [-0.2, -0.15) is 0 Å². The number of piperazine rings is 1. The van der Waals surface area contributed by atoms with Crippen molar-refractivity contribution in [3.63, 3.8) is 0 Å². The zero-order valence-electron chi connectivity index (χ0n) is 20.4. The lowest BCUT2D eigenvalue weighted by Crippen LogP contribution is -2.46. The predicted octanol–water partition coefficient (Wildman–Crippen LogP) is 2.29. The summed E-state index contributed by atoms with van der Waals surface area (Å²) in [5.41, 5.74) is 17.2. The Balaban J connectivity index is 1.46. The van der Waals surface area contributed by atoms with Crippen molar-refractivity contribution in [2.75, 3.05) is 42.9 Å². The summed E-state index contributed by atoms with van der Waals surface area (Å²) in [6, 6.07) is 15.3. The molecule has 1 fully saturated rings. The number of rotatable bonds is 9. The largest absolute Gasteiger partial charge is 0.481 e. The molecule has 0 bridgehead atoms. The van der Waals surface area contributed by atoms with Crippen molar-refractivity contribution < 1.29 is 9.90 Å². The number of anilines is 2. The lowest BCUT2D eigenvalue weighted by atomic mass is 9.92. The molecule has 2 aliphatic rings. The molecule has 188 valence electrons. The number of benzene rings is 2. The number of carboxylic acids is 1. The molecule has 9 nitrogen and oxygen atoms in total. The van der Waals surface area contributed by atoms with Gasteiger partial charge in [-0.1, -0.05) is 37.6 Å². The van der Waals surface area contributed by atoms with Gasteiger partial charge >= 0.3 is 5.97 Å². The van der Waals surface area contributed by atoms with Crippen LogP contribution in [0.5, 0.6) is 0 Å². The van der Waals surface area contributed by atoms with Crippen LogP contribution in [0.25, 0.3) is 0 Å². The summed E-state index contributed by atoms with van der Waals surface area (Å²) in [7, 11) is 0. The Kier molecular flexibility index (Phi) is 8.09. The first-order valence-electron chi connectivity index (χ1n) is 12.5. The van der Waals surface area contributed by atoms with E-state index in [0.717, 1.165) is 56.8 Å². The van der Waals surface area contributed by atoms with Crippen LogP contribution in [0.3, 0.4) is 0 Å². The Labute approximate surface area is 207 Å². The van der Waals surface area contributed by atoms with Crippen molar-refractivity contribution in [1.29, 1.82) is 0 Å². The van der Waals surface area contributed by atoms with Gasteiger partial charge in [0.2, 0.25) is 0 Å². The van der Waals surface area contributed by atoms with Gasteiger partial charge in [-0.05, 0) is 54.3 Å². The molecule has 0 amide bonds. The Morgan fingerprint density at radius 3 is 2.51 bits per heavy atom. The number of aliphatic carboxylic acids is 1. The molecule has 0 radical (unpaired) electrons. The van der Waals surface area contributed by atoms with Crippen molar-refractivity contribution >= 4 is 23.3 Å². The molecule has 2 aromatic rings. The smallest absolute Gasteiger partial charge is 0.303 e. The van der Waals surface area contributed by atoms with Gasteiger partial charge < -0.3 is 26.8 Å². The minimum absolute atomic E-state index is 0.0312. The normalized spacial score (nSPS) is 20.1. The molecule has 2 aromatic carbocycles. The van der Waals surface area contributed by atoms with Gasteiger partial charge in [-0.3, -0.25) is 15.0 Å². The van der Waals surface area contributed by atoms with Gasteiger partial charge in [0.1, 0.15) is 0 Å². The zero-order chi connectivity index (χ0) is 24.8. The first-order chi connectivity index (χ1) is 16.9. The van der Waals surface area contributed by atoms with E-state index in [1.807, 2.05) is 0 Å². The van der Waals surface area contributed by atoms with Crippen molar-refractivity contribution in [3.05, 3.63) is 59.2 Å². The van der Waals surface area contributed by atoms with Crippen LogP contribution < -0.4 is 27.0 Å². The summed E-state index contributed by atoms with van der Waals surface area (Å²) >= 11 is 0. The van der Waals surface area contributed by atoms with Gasteiger partial charge in [-0.15, -0.1) is 0 Å². The summed E-state index contributed by atoms with van der Waals surface area (Å²) in [6.45, 7) is 6.81. The number of aryl methyl sites for hydroxylation is 1. The molecule has 0 aliphatic carbocycles. The number of aliphatic imine (C=N–C) groups is 1. The maximum absolute atomic E-state index is 10.7. The number of nitrogens with zero attached hydrogens (tertiary/aromatic N) is 3. The first-order valence-corrected chi connectivity index (χ1v) is 12.5. The van der Waals surface area contributed by atoms with Gasteiger partial charge in [0.05, 0.1) is 6.04 Å². The molecule has 1 saturated heterocycles. The highest BCUT2D eigenvalue weighted by atomic mass is 16.4. The van der Waals surface area contributed by atoms with Crippen molar-refractivity contribution in [2.24, 2.45) is 16.5 Å². The van der Waals surface area contributed by atoms with Gasteiger partial charge in [0, 0.05) is 44.0 Å². The molecule has 0 saturated carbocycles. The summed E-state index contributed by atoms with van der Waals surface area (Å²) in [6.07, 6.45) is 2.68. The third-order valence-corrected chi connectivity index (χ3v) is 6.69. The van der Waals surface area contributed by atoms with Gasteiger partial charge in [0.25, 0.3) is 0 Å². The van der Waals surface area contributed by atoms with Gasteiger partial charge in [0.15, 0.2) is 12.2 Å². The molecule has 0 spiro atoms. The van der Waals surface area contributed by atoms with Crippen LogP contribution in [0.4, 0.5) is 11.4 Å². The second-order valence-electron chi connectivity index (χ2n) is 9.29. The molecule has 2 unspecified atom stereocenters. The highest BCUT2D eigenvalue weighted by Crippen LogP contribution is 2.35. The van der Waals surface area contributed by atoms with E-state index in [1.54, 1.807) is 0 Å². The predicted molar refractivity (Wildman–Crippen MR) is 141 cm³/mol. The Bertz CT molecular complexity index is 1030. The van der Waals surface area contributed by atoms with E-state index in [0.29, 0.717) is 6.42 Å². The number of hydrogen-bond acceptors (Lipinski definition) is 6. The number of hydrogen-bond donors (Lipinski definition) is 5. The number of nitrogens with two attached hydrogens (primary N) is 2. The fourth-order valence-corrected chi connectivity index (χ4v) is 4.92. The zero-order valence-corrected chi connectivity index (χ0v) is 20.4. The number of carbonyl (C=O) groups is 1. The Morgan fingerprint density at radius 1 is 1.11 bits per heavy atom. The topological polar surface area (TPSA) is 132 Å². The SMILES string of the molecule is CCCc1ccc2c(c1)C(c1ccc(N3CCN(CCCC(=O)O)CC3)cc1)NC(N=C(N)N)N2. The van der Waals surface area contributed by atoms with E-state index in [4.69, 9.17) is 16.6 Å². The molecule has 9 heteroatoms. The standard InChI is InChI=1S/C26H37N7O2/c1-2-4-18-6-11-22-21(17-18)24(30-26(29-22)31-25(27)28)19-7-9-20(10-8-19)33-15-13-32(14-16-33)12-3-5-23(34)35/h6-11,17,24,26,29-30H,2-5,12-16H2,1H3,(H,34,35)(H4,27,28,31). The fraction of sp³-hybridized carbons (Fsp3) is 0.462. The number of nitrogens with one attached hydrogen (secondary N) is 2.